The van der Waals surface area contributed by atoms with E-state index in [0.29, 0.717) is 22.5 Å². The lowest BCUT2D eigenvalue weighted by molar-refractivity contribution is -0.118. The van der Waals surface area contributed by atoms with Gasteiger partial charge in [0, 0.05) is 23.9 Å². The number of carbonyl (C=O) groups is 3. The molecule has 0 radical (unpaired) electrons. The van der Waals surface area contributed by atoms with Crippen LogP contribution in [0.2, 0.25) is 0 Å². The van der Waals surface area contributed by atoms with Crippen molar-refractivity contribution in [2.45, 2.75) is 17.1 Å². The quantitative estimate of drug-likeness (QED) is 0.328. The molecule has 0 aliphatic carbocycles. The van der Waals surface area contributed by atoms with Crippen molar-refractivity contribution in [1.29, 1.82) is 0 Å². The number of rotatable bonds is 8. The second-order valence-electron chi connectivity index (χ2n) is 7.49. The van der Waals surface area contributed by atoms with Crippen molar-refractivity contribution in [3.05, 3.63) is 70.5 Å². The van der Waals surface area contributed by atoms with Crippen LogP contribution in [0, 0.1) is 5.13 Å². The molecule has 1 aliphatic heterocycles. The number of anilines is 2. The Kier molecular flexibility index (Phi) is 6.89. The van der Waals surface area contributed by atoms with Gasteiger partial charge in [-0.3, -0.25) is 23.7 Å². The molecule has 2 N–H and O–H groups in total. The molecule has 1 aromatic carbocycles. The van der Waals surface area contributed by atoms with Crippen molar-refractivity contribution in [3.63, 3.8) is 0 Å². The minimum atomic E-state index is -3.97. The summed E-state index contributed by atoms with van der Waals surface area (Å²) in [5.74, 6) is -2.63. The molecular weight excluding hydrogens is 521 g/mol. The van der Waals surface area contributed by atoms with E-state index in [0.717, 1.165) is 17.0 Å². The number of Topliss-reactive ketones (excluding diaryl/α,β-unsaturated/α-hetero) is 1. The highest BCUT2D eigenvalue weighted by atomic mass is 32.2. The van der Waals surface area contributed by atoms with Gasteiger partial charge in [0.05, 0.1) is 6.42 Å². The van der Waals surface area contributed by atoms with Gasteiger partial charge in [0.25, 0.3) is 17.2 Å². The predicted molar refractivity (Wildman–Crippen MR) is 126 cm³/mol. The number of fused-ring (bicyclic) bond motifs is 1. The van der Waals surface area contributed by atoms with Crippen molar-refractivity contribution in [2.24, 2.45) is 0 Å². The molecule has 3 aromatic rings. The maximum atomic E-state index is 13.1. The normalized spacial score (nSPS) is 14.5. The summed E-state index contributed by atoms with van der Waals surface area (Å²) in [4.78, 5) is 42.8. The highest BCUT2D eigenvalue weighted by molar-refractivity contribution is 7.94. The van der Waals surface area contributed by atoms with Gasteiger partial charge in [-0.15, -0.1) is 0 Å². The van der Waals surface area contributed by atoms with Crippen molar-refractivity contribution >= 4 is 61.5 Å². The molecule has 14 heteroatoms. The first-order valence-electron chi connectivity index (χ1n) is 9.86. The Bertz CT molecular complexity index is 1470. The topological polar surface area (TPSA) is 151 Å². The van der Waals surface area contributed by atoms with Crippen LogP contribution < -0.4 is 9.62 Å². The third-order valence-corrected chi connectivity index (χ3v) is 8.53. The highest BCUT2D eigenvalue weighted by Crippen LogP contribution is 2.27. The number of aromatic nitrogens is 1. The number of imide groups is 1. The fourth-order valence-electron chi connectivity index (χ4n) is 3.48. The minimum absolute atomic E-state index is 0.00706. The second kappa shape index (κ2) is 9.73. The molecule has 0 bridgehead atoms. The zero-order valence-electron chi connectivity index (χ0n) is 17.6. The number of sulfone groups is 1. The number of pyridine rings is 1. The van der Waals surface area contributed by atoms with Gasteiger partial charge >= 0.3 is 0 Å². The van der Waals surface area contributed by atoms with Crippen LogP contribution in [0.3, 0.4) is 0 Å². The zero-order chi connectivity index (χ0) is 25.3. The molecule has 10 nitrogen and oxygen atoms in total. The van der Waals surface area contributed by atoms with Crippen LogP contribution in [0.1, 0.15) is 21.5 Å². The fourth-order valence-corrected chi connectivity index (χ4v) is 6.14. The molecule has 4 rings (SSSR count). The Hall–Kier alpha value is -3.33. The van der Waals surface area contributed by atoms with Gasteiger partial charge in [0.15, 0.2) is 20.8 Å². The van der Waals surface area contributed by atoms with E-state index in [1.807, 2.05) is 0 Å². The molecule has 2 aromatic heterocycles. The average Bonchev–Trinajstić information content (AvgIpc) is 3.22. The molecule has 3 heterocycles. The summed E-state index contributed by atoms with van der Waals surface area (Å²) in [5, 5.41) is -0.670. The first-order valence-corrected chi connectivity index (χ1v) is 13.4. The molecule has 35 heavy (non-hydrogen) atoms. The summed E-state index contributed by atoms with van der Waals surface area (Å²) in [6.07, 6.45) is 0.901. The molecule has 0 saturated carbocycles. The fraction of sp³-hybridized carbons (Fsp3) is 0.143. The lowest BCUT2D eigenvalue weighted by atomic mass is 9.97. The molecule has 0 fully saturated rings. The molecule has 0 saturated heterocycles. The second-order valence-corrected chi connectivity index (χ2v) is 11.4. The molecule has 2 amide bonds. The first kappa shape index (κ1) is 24.8. The van der Waals surface area contributed by atoms with Crippen molar-refractivity contribution < 1.29 is 36.0 Å². The number of carbonyl (C=O) groups excluding carboxylic acids is 3. The average molecular weight is 538 g/mol. The molecule has 1 atom stereocenters. The number of thiophene rings is 1. The van der Waals surface area contributed by atoms with Crippen LogP contribution in [0.15, 0.2) is 52.9 Å². The van der Waals surface area contributed by atoms with Crippen LogP contribution in [0.5, 0.6) is 0 Å². The minimum Gasteiger partial charge on any atom is -0.298 e. The lowest BCUT2D eigenvalue weighted by Crippen LogP contribution is -2.43. The zero-order valence-corrected chi connectivity index (χ0v) is 20.1. The van der Waals surface area contributed by atoms with E-state index in [1.165, 1.54) is 36.5 Å². The Balaban J connectivity index is 1.48. The number of nitrogens with zero attached hydrogens (tertiary/aromatic N) is 2. The number of ketones is 1. The van der Waals surface area contributed by atoms with E-state index in [1.54, 1.807) is 0 Å². The first-order chi connectivity index (χ1) is 16.5. The maximum Gasteiger partial charge on any atom is 0.266 e. The number of hydrogen-bond acceptors (Lipinski definition) is 8. The smallest absolute Gasteiger partial charge is 0.266 e. The lowest BCUT2D eigenvalue weighted by Gasteiger charge is -2.26. The summed E-state index contributed by atoms with van der Waals surface area (Å²) < 4.78 is 59.6. The van der Waals surface area contributed by atoms with E-state index in [4.69, 9.17) is 4.55 Å². The summed E-state index contributed by atoms with van der Waals surface area (Å²) in [7, 11) is -3.97. The summed E-state index contributed by atoms with van der Waals surface area (Å²) in [5.41, 5.74) is 1.20. The highest BCUT2D eigenvalue weighted by Gasteiger charge is 2.33. The standard InChI is InChI=1S/C21H16FN3O7S3/c22-17-4-6-20(33-17)35(31,32)11-15(26)7-12-1-5-18(23-10-12)25-19(27)8-13-2-3-14(24-34(29)30)9-16(13)21(25)28/h1-6,9-10,24H,7-8,11H2,(H,29,30). The van der Waals surface area contributed by atoms with E-state index in [-0.39, 0.29) is 34.1 Å². The van der Waals surface area contributed by atoms with Gasteiger partial charge < -0.3 is 0 Å². The van der Waals surface area contributed by atoms with Crippen LogP contribution in [0.25, 0.3) is 0 Å². The van der Waals surface area contributed by atoms with E-state index in [9.17, 15) is 31.4 Å². The van der Waals surface area contributed by atoms with Crippen molar-refractivity contribution in [1.82, 2.24) is 4.98 Å². The summed E-state index contributed by atoms with van der Waals surface area (Å²) in [6, 6.07) is 9.26. The van der Waals surface area contributed by atoms with Gasteiger partial charge in [0.1, 0.15) is 15.8 Å². The van der Waals surface area contributed by atoms with Crippen LogP contribution in [-0.4, -0.2) is 45.5 Å². The third kappa shape index (κ3) is 5.51. The third-order valence-electron chi connectivity index (χ3n) is 4.99. The van der Waals surface area contributed by atoms with E-state index >= 15 is 0 Å². The number of amides is 2. The number of nitrogens with one attached hydrogen (secondary N) is 1. The Labute approximate surface area is 205 Å². The monoisotopic (exact) mass is 537 g/mol. The van der Waals surface area contributed by atoms with Crippen LogP contribution in [-0.2, 0) is 43.5 Å². The summed E-state index contributed by atoms with van der Waals surface area (Å²) in [6.45, 7) is 0. The Morgan fingerprint density at radius 1 is 1.20 bits per heavy atom. The molecule has 1 unspecified atom stereocenters. The van der Waals surface area contributed by atoms with Gasteiger partial charge in [-0.2, -0.15) is 4.39 Å². The summed E-state index contributed by atoms with van der Waals surface area (Å²) >= 11 is -1.90. The molecule has 0 spiro atoms. The number of hydrogen-bond donors (Lipinski definition) is 2. The maximum absolute atomic E-state index is 13.1. The van der Waals surface area contributed by atoms with Crippen LogP contribution in [0.4, 0.5) is 15.9 Å². The van der Waals surface area contributed by atoms with Crippen molar-refractivity contribution in [3.8, 4) is 0 Å². The van der Waals surface area contributed by atoms with Crippen LogP contribution >= 0.6 is 11.3 Å². The molecular formula is C21H16FN3O7S3. The Morgan fingerprint density at radius 2 is 1.97 bits per heavy atom. The SMILES string of the molecule is O=C(Cc1ccc(N2C(=O)Cc3ccc(NS(=O)O)cc3C2=O)nc1)CS(=O)(=O)c1ccc(F)s1. The number of benzene rings is 1. The molecule has 182 valence electrons. The van der Waals surface area contributed by atoms with E-state index in [2.05, 4.69) is 9.71 Å². The largest absolute Gasteiger partial charge is 0.298 e. The number of halogens is 1. The van der Waals surface area contributed by atoms with E-state index < -0.39 is 49.6 Å². The van der Waals surface area contributed by atoms with Crippen molar-refractivity contribution in [2.75, 3.05) is 15.4 Å². The Morgan fingerprint density at radius 3 is 2.60 bits per heavy atom. The molecule has 1 aliphatic rings. The van der Waals surface area contributed by atoms with Gasteiger partial charge in [-0.1, -0.05) is 23.5 Å². The van der Waals surface area contributed by atoms with Gasteiger partial charge in [0.2, 0.25) is 5.91 Å². The van der Waals surface area contributed by atoms with Gasteiger partial charge in [-0.05, 0) is 41.5 Å². The predicted octanol–water partition coefficient (Wildman–Crippen LogP) is 2.15. The van der Waals surface area contributed by atoms with Gasteiger partial charge in [-0.25, -0.2) is 22.5 Å².